The van der Waals surface area contributed by atoms with Crippen LogP contribution in [0.25, 0.3) is 16.9 Å². The lowest BCUT2D eigenvalue weighted by molar-refractivity contribution is -0.119. The van der Waals surface area contributed by atoms with Gasteiger partial charge in [0.2, 0.25) is 5.91 Å². The van der Waals surface area contributed by atoms with Crippen molar-refractivity contribution in [2.75, 3.05) is 10.3 Å². The third-order valence-corrected chi connectivity index (χ3v) is 5.32. The van der Waals surface area contributed by atoms with Crippen LogP contribution in [-0.4, -0.2) is 33.0 Å². The summed E-state index contributed by atoms with van der Waals surface area (Å²) in [6.45, 7) is 0. The highest BCUT2D eigenvalue weighted by molar-refractivity contribution is 6.44. The Morgan fingerprint density at radius 1 is 0.969 bits per heavy atom. The van der Waals surface area contributed by atoms with E-state index < -0.39 is 11.9 Å². The number of benzene rings is 2. The molecule has 158 valence electrons. The average molecular weight is 424 g/mol. The highest BCUT2D eigenvalue weighted by Gasteiger charge is 2.34. The van der Waals surface area contributed by atoms with Gasteiger partial charge in [-0.15, -0.1) is 0 Å². The predicted molar refractivity (Wildman–Crippen MR) is 123 cm³/mol. The maximum absolute atomic E-state index is 12.8. The fourth-order valence-electron chi connectivity index (χ4n) is 3.69. The third-order valence-electron chi connectivity index (χ3n) is 5.32. The van der Waals surface area contributed by atoms with E-state index in [4.69, 9.17) is 5.73 Å². The first-order valence-electron chi connectivity index (χ1n) is 10.1. The number of amides is 2. The van der Waals surface area contributed by atoms with Crippen LogP contribution in [-0.2, 0) is 9.59 Å². The number of nitrogens with zero attached hydrogens (tertiary/aromatic N) is 4. The van der Waals surface area contributed by atoms with Gasteiger partial charge in [-0.1, -0.05) is 36.4 Å². The first-order valence-corrected chi connectivity index (χ1v) is 10.1. The molecule has 2 aromatic carbocycles. The molecule has 0 unspecified atom stereocenters. The molecule has 0 fully saturated rings. The summed E-state index contributed by atoms with van der Waals surface area (Å²) >= 11 is 0. The van der Waals surface area contributed by atoms with Gasteiger partial charge in [0.25, 0.3) is 5.91 Å². The lowest BCUT2D eigenvalue weighted by Gasteiger charge is -2.20. The number of carbonyl (C=O) groups excluding carboxylic acids is 2. The number of anilines is 2. The zero-order chi connectivity index (χ0) is 22.1. The van der Waals surface area contributed by atoms with Crippen LogP contribution in [0.4, 0.5) is 11.4 Å². The molecule has 1 aliphatic rings. The van der Waals surface area contributed by atoms with Gasteiger partial charge in [-0.3, -0.25) is 14.6 Å². The maximum atomic E-state index is 12.8. The van der Waals surface area contributed by atoms with Crippen molar-refractivity contribution in [1.82, 2.24) is 9.38 Å². The highest BCUT2D eigenvalue weighted by atomic mass is 16.2. The second kappa shape index (κ2) is 7.99. The van der Waals surface area contributed by atoms with Crippen LogP contribution in [0.2, 0.25) is 0 Å². The first kappa shape index (κ1) is 19.5. The van der Waals surface area contributed by atoms with E-state index in [2.05, 4.69) is 15.4 Å². The number of aromatic nitrogens is 2. The molecular formula is C24H20N6O2. The van der Waals surface area contributed by atoms with Crippen molar-refractivity contribution < 1.29 is 9.59 Å². The Labute approximate surface area is 184 Å². The summed E-state index contributed by atoms with van der Waals surface area (Å²) < 4.78 is 1.96. The van der Waals surface area contributed by atoms with Crippen LogP contribution in [0.3, 0.4) is 0 Å². The van der Waals surface area contributed by atoms with E-state index in [0.29, 0.717) is 11.4 Å². The van der Waals surface area contributed by atoms with Crippen molar-refractivity contribution in [1.29, 1.82) is 0 Å². The zero-order valence-corrected chi connectivity index (χ0v) is 17.1. The van der Waals surface area contributed by atoms with Crippen molar-refractivity contribution >= 4 is 34.5 Å². The van der Waals surface area contributed by atoms with E-state index in [1.54, 1.807) is 0 Å². The van der Waals surface area contributed by atoms with E-state index in [9.17, 15) is 9.59 Å². The molecule has 3 heterocycles. The number of carbonyl (C=O) groups is 2. The van der Waals surface area contributed by atoms with Crippen LogP contribution < -0.4 is 16.1 Å². The Bertz CT molecular complexity index is 1290. The van der Waals surface area contributed by atoms with Crippen LogP contribution in [0.1, 0.15) is 6.42 Å². The summed E-state index contributed by atoms with van der Waals surface area (Å²) in [5.74, 6) is -0.896. The SMILES string of the molecule is NC(=O)[C@@H]1CC(C(=O)Nc2ccc(-c3cn4ccccc4n3)cc2)=NN1c1ccccc1. The second-order valence-electron chi connectivity index (χ2n) is 7.47. The Kier molecular flexibility index (Phi) is 4.87. The minimum Gasteiger partial charge on any atom is -0.368 e. The Balaban J connectivity index is 1.33. The molecule has 0 bridgehead atoms. The number of primary amides is 1. The highest BCUT2D eigenvalue weighted by Crippen LogP contribution is 2.25. The van der Waals surface area contributed by atoms with Gasteiger partial charge < -0.3 is 15.5 Å². The Morgan fingerprint density at radius 3 is 2.44 bits per heavy atom. The minimum absolute atomic E-state index is 0.148. The lowest BCUT2D eigenvalue weighted by Crippen LogP contribution is -2.39. The largest absolute Gasteiger partial charge is 0.368 e. The molecule has 2 aromatic heterocycles. The molecule has 0 aliphatic carbocycles. The van der Waals surface area contributed by atoms with Gasteiger partial charge in [0.1, 0.15) is 17.4 Å². The number of pyridine rings is 1. The maximum Gasteiger partial charge on any atom is 0.271 e. The number of imidazole rings is 1. The van der Waals surface area contributed by atoms with Crippen molar-refractivity contribution in [2.45, 2.75) is 12.5 Å². The topological polar surface area (TPSA) is 105 Å². The van der Waals surface area contributed by atoms with Crippen molar-refractivity contribution in [2.24, 2.45) is 10.8 Å². The molecule has 0 spiro atoms. The quantitative estimate of drug-likeness (QED) is 0.514. The first-order chi connectivity index (χ1) is 15.6. The molecule has 5 rings (SSSR count). The third kappa shape index (κ3) is 3.69. The van der Waals surface area contributed by atoms with Crippen molar-refractivity contribution in [3.05, 3.63) is 85.2 Å². The molecule has 1 aliphatic heterocycles. The van der Waals surface area contributed by atoms with Gasteiger partial charge in [0, 0.05) is 30.1 Å². The van der Waals surface area contributed by atoms with Gasteiger partial charge in [-0.2, -0.15) is 5.10 Å². The van der Waals surface area contributed by atoms with Gasteiger partial charge in [-0.25, -0.2) is 4.98 Å². The summed E-state index contributed by atoms with van der Waals surface area (Å²) in [5.41, 5.74) is 9.78. The number of para-hydroxylation sites is 1. The fraction of sp³-hybridized carbons (Fsp3) is 0.0833. The fourth-order valence-corrected chi connectivity index (χ4v) is 3.69. The Hall–Kier alpha value is -4.46. The number of hydrogen-bond donors (Lipinski definition) is 2. The number of nitrogens with one attached hydrogen (secondary N) is 1. The van der Waals surface area contributed by atoms with E-state index in [1.165, 1.54) is 5.01 Å². The summed E-state index contributed by atoms with van der Waals surface area (Å²) in [6, 6.07) is 21.7. The molecule has 0 saturated heterocycles. The standard InChI is InChI=1S/C24H20N6O2/c25-23(31)21-14-19(28-30(21)18-6-2-1-3-7-18)24(32)26-17-11-9-16(10-12-17)20-15-29-13-5-4-8-22(29)27-20/h1-13,15,21H,14H2,(H2,25,31)(H,26,32)/t21-/m0/s1. The number of hydrogen-bond acceptors (Lipinski definition) is 5. The molecule has 3 N–H and O–H groups in total. The normalized spacial score (nSPS) is 15.6. The predicted octanol–water partition coefficient (Wildman–Crippen LogP) is 3.06. The Morgan fingerprint density at radius 2 is 1.72 bits per heavy atom. The number of rotatable bonds is 5. The number of hydrazone groups is 1. The number of fused-ring (bicyclic) bond motifs is 1. The summed E-state index contributed by atoms with van der Waals surface area (Å²) in [6.07, 6.45) is 4.05. The van der Waals surface area contributed by atoms with Gasteiger partial charge in [-0.05, 0) is 36.4 Å². The van der Waals surface area contributed by atoms with E-state index in [1.807, 2.05) is 89.6 Å². The van der Waals surface area contributed by atoms with Gasteiger partial charge in [0.15, 0.2) is 0 Å². The van der Waals surface area contributed by atoms with Crippen molar-refractivity contribution in [3.63, 3.8) is 0 Å². The second-order valence-corrected chi connectivity index (χ2v) is 7.47. The molecule has 32 heavy (non-hydrogen) atoms. The average Bonchev–Trinajstić information content (AvgIpc) is 3.45. The molecule has 8 nitrogen and oxygen atoms in total. The molecule has 2 amide bonds. The van der Waals surface area contributed by atoms with Crippen LogP contribution >= 0.6 is 0 Å². The monoisotopic (exact) mass is 424 g/mol. The molecule has 4 aromatic rings. The van der Waals surface area contributed by atoms with Crippen LogP contribution in [0.15, 0.2) is 90.3 Å². The molecule has 1 atom stereocenters. The van der Waals surface area contributed by atoms with Gasteiger partial charge in [0.05, 0.1) is 11.4 Å². The van der Waals surface area contributed by atoms with Gasteiger partial charge >= 0.3 is 0 Å². The minimum atomic E-state index is -0.699. The van der Waals surface area contributed by atoms with E-state index in [-0.39, 0.29) is 18.0 Å². The molecule has 0 radical (unpaired) electrons. The summed E-state index contributed by atoms with van der Waals surface area (Å²) in [7, 11) is 0. The smallest absolute Gasteiger partial charge is 0.271 e. The molecular weight excluding hydrogens is 404 g/mol. The number of nitrogens with two attached hydrogens (primary N) is 1. The van der Waals surface area contributed by atoms with Crippen LogP contribution in [0, 0.1) is 0 Å². The summed E-state index contributed by atoms with van der Waals surface area (Å²) in [5, 5.41) is 8.72. The molecule has 0 saturated carbocycles. The lowest BCUT2D eigenvalue weighted by atomic mass is 10.1. The van der Waals surface area contributed by atoms with Crippen molar-refractivity contribution in [3.8, 4) is 11.3 Å². The summed E-state index contributed by atoms with van der Waals surface area (Å²) in [4.78, 5) is 29.3. The zero-order valence-electron chi connectivity index (χ0n) is 17.1. The van der Waals surface area contributed by atoms with E-state index in [0.717, 1.165) is 16.9 Å². The van der Waals surface area contributed by atoms with E-state index >= 15 is 0 Å². The van der Waals surface area contributed by atoms with Crippen LogP contribution in [0.5, 0.6) is 0 Å². The molecule has 8 heteroatoms.